The van der Waals surface area contributed by atoms with E-state index in [9.17, 15) is 8.42 Å². The average molecular weight is 212 g/mol. The van der Waals surface area contributed by atoms with Crippen LogP contribution in [-0.2, 0) is 10.1 Å². The van der Waals surface area contributed by atoms with Crippen molar-refractivity contribution in [3.63, 3.8) is 0 Å². The Morgan fingerprint density at radius 1 is 1.29 bits per heavy atom. The highest BCUT2D eigenvalue weighted by Gasteiger charge is 2.06. The molecule has 0 fully saturated rings. The number of aryl methyl sites for hydroxylation is 1. The minimum atomic E-state index is -4.02. The molecule has 0 unspecified atom stereocenters. The van der Waals surface area contributed by atoms with Crippen molar-refractivity contribution in [2.24, 2.45) is 0 Å². The molecule has 0 radical (unpaired) electrons. The molecular formula is C10H12O3S. The summed E-state index contributed by atoms with van der Waals surface area (Å²) in [6.45, 7) is 3.49. The predicted molar refractivity (Wildman–Crippen MR) is 55.5 cm³/mol. The van der Waals surface area contributed by atoms with Crippen molar-refractivity contribution < 1.29 is 13.0 Å². The Bertz CT molecular complexity index is 410. The van der Waals surface area contributed by atoms with Gasteiger partial charge in [-0.05, 0) is 26.0 Å². The topological polar surface area (TPSA) is 54.4 Å². The number of terminal acetylenes is 1. The molecule has 1 N–H and O–H groups in total. The summed E-state index contributed by atoms with van der Waals surface area (Å²) in [6.07, 6.45) is 4.60. The maximum Gasteiger partial charge on any atom is 0.294 e. The Hall–Kier alpha value is -1.31. The van der Waals surface area contributed by atoms with Gasteiger partial charge in [-0.15, -0.1) is 12.3 Å². The Balaban J connectivity index is 0.000000500. The highest BCUT2D eigenvalue weighted by molar-refractivity contribution is 7.85. The Morgan fingerprint density at radius 2 is 1.64 bits per heavy atom. The van der Waals surface area contributed by atoms with Gasteiger partial charge in [0.2, 0.25) is 0 Å². The summed E-state index contributed by atoms with van der Waals surface area (Å²) in [5.41, 5.74) is 0.956. The van der Waals surface area contributed by atoms with Crippen LogP contribution in [0.25, 0.3) is 0 Å². The Labute approximate surface area is 84.5 Å². The van der Waals surface area contributed by atoms with Crippen molar-refractivity contribution in [3.05, 3.63) is 29.8 Å². The second kappa shape index (κ2) is 5.43. The molecule has 0 saturated carbocycles. The van der Waals surface area contributed by atoms with Gasteiger partial charge in [0, 0.05) is 0 Å². The number of benzene rings is 1. The zero-order valence-electron chi connectivity index (χ0n) is 8.06. The van der Waals surface area contributed by atoms with E-state index in [0.29, 0.717) is 0 Å². The fraction of sp³-hybridized carbons (Fsp3) is 0.200. The molecule has 0 aromatic heterocycles. The number of rotatable bonds is 1. The van der Waals surface area contributed by atoms with Gasteiger partial charge in [-0.3, -0.25) is 4.55 Å². The van der Waals surface area contributed by atoms with E-state index >= 15 is 0 Å². The second-order valence-corrected chi connectivity index (χ2v) is 4.00. The van der Waals surface area contributed by atoms with Crippen molar-refractivity contribution in [1.29, 1.82) is 0 Å². The summed E-state index contributed by atoms with van der Waals surface area (Å²) < 4.78 is 29.6. The molecule has 14 heavy (non-hydrogen) atoms. The smallest absolute Gasteiger partial charge is 0.282 e. The zero-order valence-corrected chi connectivity index (χ0v) is 8.88. The van der Waals surface area contributed by atoms with Crippen LogP contribution >= 0.6 is 0 Å². The summed E-state index contributed by atoms with van der Waals surface area (Å²) in [4.78, 5) is -0.0666. The fourth-order valence-electron chi connectivity index (χ4n) is 0.710. The summed E-state index contributed by atoms with van der Waals surface area (Å²) in [5, 5.41) is 0. The van der Waals surface area contributed by atoms with Crippen LogP contribution < -0.4 is 0 Å². The van der Waals surface area contributed by atoms with Crippen LogP contribution in [-0.4, -0.2) is 13.0 Å². The minimum absolute atomic E-state index is 0.0666. The molecular weight excluding hydrogens is 200 g/mol. The van der Waals surface area contributed by atoms with Crippen LogP contribution in [0.4, 0.5) is 0 Å². The van der Waals surface area contributed by atoms with Crippen molar-refractivity contribution in [1.82, 2.24) is 0 Å². The maximum atomic E-state index is 10.5. The third kappa shape index (κ3) is 4.65. The predicted octanol–water partition coefficient (Wildman–Crippen LogP) is 1.88. The first-order chi connectivity index (χ1) is 6.41. The molecule has 0 atom stereocenters. The molecule has 0 aliphatic rings. The lowest BCUT2D eigenvalue weighted by Gasteiger charge is -1.95. The fourth-order valence-corrected chi connectivity index (χ4v) is 1.19. The first kappa shape index (κ1) is 12.7. The standard InChI is InChI=1S/C7H8O3S.C3H4/c1-6-2-4-7(5-3-6)11(8,9)10;1-3-2/h2-5H,1H3,(H,8,9,10);1H,2H3. The molecule has 1 rings (SSSR count). The van der Waals surface area contributed by atoms with Gasteiger partial charge >= 0.3 is 0 Å². The molecule has 0 aliphatic heterocycles. The molecule has 0 aliphatic carbocycles. The average Bonchev–Trinajstić information content (AvgIpc) is 2.04. The van der Waals surface area contributed by atoms with E-state index in [1.807, 2.05) is 6.92 Å². The zero-order chi connectivity index (χ0) is 11.2. The normalized spacial score (nSPS) is 9.57. The quantitative estimate of drug-likeness (QED) is 0.571. The maximum absolute atomic E-state index is 10.5. The van der Waals surface area contributed by atoms with Crippen molar-refractivity contribution >= 4 is 10.1 Å². The summed E-state index contributed by atoms with van der Waals surface area (Å²) in [7, 11) is -4.02. The molecule has 1 aromatic rings. The van der Waals surface area contributed by atoms with Crippen LogP contribution in [0.1, 0.15) is 12.5 Å². The van der Waals surface area contributed by atoms with E-state index in [0.717, 1.165) is 5.56 Å². The molecule has 0 saturated heterocycles. The van der Waals surface area contributed by atoms with Crippen LogP contribution in [0.5, 0.6) is 0 Å². The molecule has 0 heterocycles. The van der Waals surface area contributed by atoms with E-state index in [2.05, 4.69) is 12.3 Å². The SMILES string of the molecule is C#CC.Cc1ccc(S(=O)(=O)O)cc1. The summed E-state index contributed by atoms with van der Waals surface area (Å²) in [6, 6.07) is 5.99. The van der Waals surface area contributed by atoms with Gasteiger partial charge in [0.05, 0.1) is 4.90 Å². The van der Waals surface area contributed by atoms with Crippen molar-refractivity contribution in [3.8, 4) is 12.3 Å². The summed E-state index contributed by atoms with van der Waals surface area (Å²) in [5.74, 6) is 2.25. The number of hydrogen-bond donors (Lipinski definition) is 1. The lowest BCUT2D eigenvalue weighted by molar-refractivity contribution is 0.483. The van der Waals surface area contributed by atoms with E-state index in [4.69, 9.17) is 4.55 Å². The molecule has 0 amide bonds. The van der Waals surface area contributed by atoms with Gasteiger partial charge in [-0.25, -0.2) is 0 Å². The van der Waals surface area contributed by atoms with Gasteiger partial charge in [0.1, 0.15) is 0 Å². The molecule has 4 heteroatoms. The third-order valence-electron chi connectivity index (χ3n) is 1.32. The van der Waals surface area contributed by atoms with Crippen LogP contribution in [0.15, 0.2) is 29.2 Å². The summed E-state index contributed by atoms with van der Waals surface area (Å²) >= 11 is 0. The van der Waals surface area contributed by atoms with Gasteiger partial charge in [0.15, 0.2) is 0 Å². The lowest BCUT2D eigenvalue weighted by Crippen LogP contribution is -1.96. The molecule has 76 valence electrons. The molecule has 1 aromatic carbocycles. The van der Waals surface area contributed by atoms with E-state index in [-0.39, 0.29) is 4.90 Å². The first-order valence-electron chi connectivity index (χ1n) is 3.83. The van der Waals surface area contributed by atoms with Gasteiger partial charge in [-0.1, -0.05) is 17.7 Å². The first-order valence-corrected chi connectivity index (χ1v) is 5.27. The molecule has 0 bridgehead atoms. The van der Waals surface area contributed by atoms with E-state index in [1.54, 1.807) is 19.1 Å². The van der Waals surface area contributed by atoms with Gasteiger partial charge < -0.3 is 0 Å². The molecule has 0 spiro atoms. The Morgan fingerprint density at radius 3 is 1.93 bits per heavy atom. The van der Waals surface area contributed by atoms with Crippen molar-refractivity contribution in [2.45, 2.75) is 18.7 Å². The van der Waals surface area contributed by atoms with Crippen LogP contribution in [0.3, 0.4) is 0 Å². The molecule has 3 nitrogen and oxygen atoms in total. The van der Waals surface area contributed by atoms with E-state index < -0.39 is 10.1 Å². The highest BCUT2D eigenvalue weighted by Crippen LogP contribution is 2.08. The largest absolute Gasteiger partial charge is 0.294 e. The van der Waals surface area contributed by atoms with Crippen LogP contribution in [0, 0.1) is 19.3 Å². The minimum Gasteiger partial charge on any atom is -0.282 e. The third-order valence-corrected chi connectivity index (χ3v) is 2.19. The number of hydrogen-bond acceptors (Lipinski definition) is 2. The van der Waals surface area contributed by atoms with Crippen LogP contribution in [0.2, 0.25) is 0 Å². The van der Waals surface area contributed by atoms with Gasteiger partial charge in [0.25, 0.3) is 10.1 Å². The lowest BCUT2D eigenvalue weighted by atomic mass is 10.2. The van der Waals surface area contributed by atoms with Crippen molar-refractivity contribution in [2.75, 3.05) is 0 Å². The van der Waals surface area contributed by atoms with Gasteiger partial charge in [-0.2, -0.15) is 8.42 Å². The Kier molecular flexibility index (Phi) is 4.92. The second-order valence-electron chi connectivity index (χ2n) is 2.58. The highest BCUT2D eigenvalue weighted by atomic mass is 32.2. The monoisotopic (exact) mass is 212 g/mol. The van der Waals surface area contributed by atoms with E-state index in [1.165, 1.54) is 12.1 Å².